The second-order valence-corrected chi connectivity index (χ2v) is 13.3. The van der Waals surface area contributed by atoms with Crippen LogP contribution in [0.25, 0.3) is 0 Å². The van der Waals surface area contributed by atoms with E-state index in [1.54, 1.807) is 0 Å². The summed E-state index contributed by atoms with van der Waals surface area (Å²) in [5.74, 6) is 4.61. The van der Waals surface area contributed by atoms with Crippen LogP contribution in [0.15, 0.2) is 0 Å². The van der Waals surface area contributed by atoms with Crippen molar-refractivity contribution in [2.24, 2.45) is 35.0 Å². The quantitative estimate of drug-likeness (QED) is 0.166. The molecule has 4 atom stereocenters. The molecule has 0 nitrogen and oxygen atoms in total. The van der Waals surface area contributed by atoms with Crippen molar-refractivity contribution in [2.75, 3.05) is 0 Å². The van der Waals surface area contributed by atoms with Gasteiger partial charge < -0.3 is 0 Å². The predicted molar refractivity (Wildman–Crippen MR) is 145 cm³/mol. The zero-order valence-electron chi connectivity index (χ0n) is 23.7. The van der Waals surface area contributed by atoms with Gasteiger partial charge in [-0.1, -0.05) is 159 Å². The maximum absolute atomic E-state index is 2.49. The van der Waals surface area contributed by atoms with Gasteiger partial charge in [0.05, 0.1) is 0 Å². The third-order valence-corrected chi connectivity index (χ3v) is 7.53. The van der Waals surface area contributed by atoms with Gasteiger partial charge in [-0.3, -0.25) is 0 Å². The third-order valence-electron chi connectivity index (χ3n) is 7.53. The van der Waals surface area contributed by atoms with Gasteiger partial charge >= 0.3 is 0 Å². The highest BCUT2D eigenvalue weighted by Crippen LogP contribution is 2.26. The van der Waals surface area contributed by atoms with E-state index in [4.69, 9.17) is 0 Å². The molecular formula is C31H64. The lowest BCUT2D eigenvalue weighted by Crippen LogP contribution is -2.06. The molecule has 4 unspecified atom stereocenters. The lowest BCUT2D eigenvalue weighted by atomic mass is 9.86. The second kappa shape index (κ2) is 18.4. The first-order chi connectivity index (χ1) is 14.5. The van der Waals surface area contributed by atoms with Crippen LogP contribution in [0.3, 0.4) is 0 Å². The molecule has 0 heterocycles. The van der Waals surface area contributed by atoms with Crippen LogP contribution in [-0.4, -0.2) is 0 Å². The Morgan fingerprint density at radius 3 is 1.00 bits per heavy atom. The summed E-state index contributed by atoms with van der Waals surface area (Å²) in [5.41, 5.74) is 0.511. The van der Waals surface area contributed by atoms with E-state index in [0.29, 0.717) is 5.41 Å². The third kappa shape index (κ3) is 23.0. The summed E-state index contributed by atoms with van der Waals surface area (Å²) in [7, 11) is 0. The van der Waals surface area contributed by atoms with E-state index in [1.807, 2.05) is 0 Å². The zero-order valence-corrected chi connectivity index (χ0v) is 23.7. The smallest absolute Gasteiger partial charge is 0.0383 e. The van der Waals surface area contributed by atoms with Crippen LogP contribution >= 0.6 is 0 Å². The lowest BCUT2D eigenvalue weighted by molar-refractivity contribution is 0.330. The molecule has 0 amide bonds. The largest absolute Gasteiger partial charge is 0.0628 e. The van der Waals surface area contributed by atoms with Crippen LogP contribution in [0.5, 0.6) is 0 Å². The van der Waals surface area contributed by atoms with E-state index in [0.717, 1.165) is 29.6 Å². The number of hydrogen-bond acceptors (Lipinski definition) is 0. The summed E-state index contributed by atoms with van der Waals surface area (Å²) in [6.45, 7) is 21.7. The van der Waals surface area contributed by atoms with Gasteiger partial charge in [0, 0.05) is 0 Å². The van der Waals surface area contributed by atoms with Crippen molar-refractivity contribution in [3.05, 3.63) is 0 Å². The van der Waals surface area contributed by atoms with E-state index in [1.165, 1.54) is 103 Å². The lowest BCUT2D eigenvalue weighted by Gasteiger charge is -2.20. The molecule has 0 N–H and O–H groups in total. The second-order valence-electron chi connectivity index (χ2n) is 13.3. The highest BCUT2D eigenvalue weighted by molar-refractivity contribution is 4.64. The summed E-state index contributed by atoms with van der Waals surface area (Å²) in [4.78, 5) is 0. The molecule has 0 radical (unpaired) electrons. The number of rotatable bonds is 20. The average molecular weight is 437 g/mol. The molecule has 0 saturated heterocycles. The first kappa shape index (κ1) is 31.0. The Kier molecular flexibility index (Phi) is 18.4. The van der Waals surface area contributed by atoms with Gasteiger partial charge in [-0.2, -0.15) is 0 Å². The molecular weight excluding hydrogens is 372 g/mol. The standard InChI is InChI=1S/C31H64/c1-26(2)16-12-19-29(5)22-13-20-27(3)17-10-11-18-28(4)21-14-23-30(6)24-15-25-31(7,8)9/h26-30H,10-25H2,1-9H3. The van der Waals surface area contributed by atoms with Crippen molar-refractivity contribution in [2.45, 2.75) is 165 Å². The molecule has 188 valence electrons. The molecule has 0 aromatic rings. The molecule has 0 rings (SSSR count). The summed E-state index contributed by atoms with van der Waals surface area (Å²) in [6.07, 6.45) is 23.0. The molecule has 0 aliphatic heterocycles. The van der Waals surface area contributed by atoms with Gasteiger partial charge in [0.15, 0.2) is 0 Å². The van der Waals surface area contributed by atoms with Crippen molar-refractivity contribution < 1.29 is 0 Å². The van der Waals surface area contributed by atoms with E-state index < -0.39 is 0 Å². The summed E-state index contributed by atoms with van der Waals surface area (Å²) in [6, 6.07) is 0. The van der Waals surface area contributed by atoms with Crippen molar-refractivity contribution in [1.82, 2.24) is 0 Å². The number of unbranched alkanes of at least 4 members (excludes halogenated alkanes) is 1. The fourth-order valence-electron chi connectivity index (χ4n) is 5.05. The molecule has 0 saturated carbocycles. The van der Waals surface area contributed by atoms with Crippen LogP contribution in [0.2, 0.25) is 0 Å². The minimum absolute atomic E-state index is 0.511. The van der Waals surface area contributed by atoms with Crippen molar-refractivity contribution in [3.8, 4) is 0 Å². The van der Waals surface area contributed by atoms with Crippen molar-refractivity contribution >= 4 is 0 Å². The van der Waals surface area contributed by atoms with Crippen LogP contribution < -0.4 is 0 Å². The van der Waals surface area contributed by atoms with E-state index >= 15 is 0 Å². The Morgan fingerprint density at radius 2 is 0.677 bits per heavy atom. The molecule has 0 aliphatic carbocycles. The Balaban J connectivity index is 3.57. The minimum Gasteiger partial charge on any atom is -0.0628 e. The molecule has 0 aromatic heterocycles. The Hall–Kier alpha value is 0. The maximum Gasteiger partial charge on any atom is -0.0383 e. The van der Waals surface area contributed by atoms with Crippen LogP contribution in [0.4, 0.5) is 0 Å². The fraction of sp³-hybridized carbons (Fsp3) is 1.00. The summed E-state index contributed by atoms with van der Waals surface area (Å²) >= 11 is 0. The minimum atomic E-state index is 0.511. The predicted octanol–water partition coefficient (Wildman–Crippen LogP) is 11.5. The monoisotopic (exact) mass is 437 g/mol. The van der Waals surface area contributed by atoms with Crippen LogP contribution in [0.1, 0.15) is 165 Å². The first-order valence-corrected chi connectivity index (χ1v) is 14.5. The SMILES string of the molecule is CC(C)CCCC(C)CCCC(C)CCCCC(C)CCCC(C)CCCC(C)(C)C. The van der Waals surface area contributed by atoms with Gasteiger partial charge in [0.25, 0.3) is 0 Å². The van der Waals surface area contributed by atoms with Crippen molar-refractivity contribution in [3.63, 3.8) is 0 Å². The molecule has 0 spiro atoms. The highest BCUT2D eigenvalue weighted by atomic mass is 14.2. The molecule has 0 aromatic carbocycles. The van der Waals surface area contributed by atoms with E-state index in [9.17, 15) is 0 Å². The van der Waals surface area contributed by atoms with Gasteiger partial charge in [0.2, 0.25) is 0 Å². The number of hydrogen-bond donors (Lipinski definition) is 0. The fourth-order valence-corrected chi connectivity index (χ4v) is 5.05. The van der Waals surface area contributed by atoms with Gasteiger partial charge in [-0.05, 0) is 41.4 Å². The highest BCUT2D eigenvalue weighted by Gasteiger charge is 2.12. The first-order valence-electron chi connectivity index (χ1n) is 14.5. The van der Waals surface area contributed by atoms with Crippen molar-refractivity contribution in [1.29, 1.82) is 0 Å². The zero-order chi connectivity index (χ0) is 23.7. The summed E-state index contributed by atoms with van der Waals surface area (Å²) in [5, 5.41) is 0. The van der Waals surface area contributed by atoms with Crippen LogP contribution in [0, 0.1) is 35.0 Å². The Bertz CT molecular complexity index is 374. The van der Waals surface area contributed by atoms with E-state index in [2.05, 4.69) is 62.3 Å². The van der Waals surface area contributed by atoms with Gasteiger partial charge in [0.1, 0.15) is 0 Å². The Morgan fingerprint density at radius 1 is 0.387 bits per heavy atom. The molecule has 0 fully saturated rings. The van der Waals surface area contributed by atoms with Gasteiger partial charge in [-0.25, -0.2) is 0 Å². The normalized spacial score (nSPS) is 16.5. The topological polar surface area (TPSA) is 0 Å². The molecule has 31 heavy (non-hydrogen) atoms. The molecule has 0 aliphatic rings. The Labute approximate surface area is 200 Å². The maximum atomic E-state index is 2.49. The molecule has 0 heteroatoms. The average Bonchev–Trinajstić information content (AvgIpc) is 2.64. The van der Waals surface area contributed by atoms with Crippen LogP contribution in [-0.2, 0) is 0 Å². The summed E-state index contributed by atoms with van der Waals surface area (Å²) < 4.78 is 0. The van der Waals surface area contributed by atoms with E-state index in [-0.39, 0.29) is 0 Å². The molecule has 0 bridgehead atoms. The van der Waals surface area contributed by atoms with Gasteiger partial charge in [-0.15, -0.1) is 0 Å².